The molecule has 2 heterocycles. The molecule has 2 aromatic carbocycles. The van der Waals surface area contributed by atoms with Crippen LogP contribution in [0.2, 0.25) is 0 Å². The molecule has 3 aromatic rings. The standard InChI is InChI=1S/C18H14N2O3/c1-10-3-5-11(6-4-10)15-8-12-7-13-14(18(22)19-17(13)21)9-16(12)20(15)23-2/h3-9H,1-2H3,(H,19,21,22). The predicted octanol–water partition coefficient (Wildman–Crippen LogP) is 2.56. The molecule has 0 unspecified atom stereocenters. The van der Waals surface area contributed by atoms with Crippen molar-refractivity contribution < 1.29 is 14.4 Å². The Labute approximate surface area is 132 Å². The van der Waals surface area contributed by atoms with Crippen molar-refractivity contribution in [1.29, 1.82) is 0 Å². The lowest BCUT2D eigenvalue weighted by molar-refractivity contribution is 0.0879. The Morgan fingerprint density at radius 1 is 0.957 bits per heavy atom. The fourth-order valence-electron chi connectivity index (χ4n) is 2.97. The summed E-state index contributed by atoms with van der Waals surface area (Å²) in [6.07, 6.45) is 0. The second-order valence-electron chi connectivity index (χ2n) is 5.61. The number of amides is 2. The van der Waals surface area contributed by atoms with Crippen LogP contribution >= 0.6 is 0 Å². The summed E-state index contributed by atoms with van der Waals surface area (Å²) in [5.41, 5.74) is 4.60. The summed E-state index contributed by atoms with van der Waals surface area (Å²) in [7, 11) is 1.58. The zero-order valence-electron chi connectivity index (χ0n) is 12.7. The summed E-state index contributed by atoms with van der Waals surface area (Å²) < 4.78 is 1.68. The quantitative estimate of drug-likeness (QED) is 0.740. The van der Waals surface area contributed by atoms with Gasteiger partial charge in [-0.25, -0.2) is 0 Å². The van der Waals surface area contributed by atoms with E-state index in [9.17, 15) is 9.59 Å². The number of nitrogens with one attached hydrogen (secondary N) is 1. The molecule has 4 rings (SSSR count). The third-order valence-corrected chi connectivity index (χ3v) is 4.14. The van der Waals surface area contributed by atoms with Crippen molar-refractivity contribution >= 4 is 22.7 Å². The van der Waals surface area contributed by atoms with Crippen molar-refractivity contribution in [2.75, 3.05) is 7.11 Å². The maximum absolute atomic E-state index is 11.9. The third kappa shape index (κ3) is 1.93. The molecule has 0 aliphatic carbocycles. The normalized spacial score (nSPS) is 13.3. The zero-order chi connectivity index (χ0) is 16.1. The number of carbonyl (C=O) groups is 2. The van der Waals surface area contributed by atoms with Crippen LogP contribution in [0.25, 0.3) is 22.2 Å². The van der Waals surface area contributed by atoms with Gasteiger partial charge in [-0.15, -0.1) is 0 Å². The van der Waals surface area contributed by atoms with Gasteiger partial charge in [-0.1, -0.05) is 29.8 Å². The average Bonchev–Trinajstić information content (AvgIpc) is 3.04. The smallest absolute Gasteiger partial charge is 0.259 e. The fraction of sp³-hybridized carbons (Fsp3) is 0.111. The number of fused-ring (bicyclic) bond motifs is 2. The molecule has 2 amide bonds. The zero-order valence-corrected chi connectivity index (χ0v) is 12.7. The van der Waals surface area contributed by atoms with E-state index in [0.29, 0.717) is 11.1 Å². The molecule has 0 bridgehead atoms. The van der Waals surface area contributed by atoms with Crippen LogP contribution in [-0.2, 0) is 0 Å². The molecule has 0 saturated carbocycles. The molecular formula is C18H14N2O3. The first-order valence-electron chi connectivity index (χ1n) is 7.25. The second-order valence-corrected chi connectivity index (χ2v) is 5.61. The summed E-state index contributed by atoms with van der Waals surface area (Å²) >= 11 is 0. The van der Waals surface area contributed by atoms with Crippen molar-refractivity contribution in [1.82, 2.24) is 10.0 Å². The summed E-state index contributed by atoms with van der Waals surface area (Å²) in [5, 5.41) is 3.16. The SMILES string of the molecule is COn1c(-c2ccc(C)cc2)cc2cc3c(cc21)C(=O)NC3=O. The summed E-state index contributed by atoms with van der Waals surface area (Å²) in [4.78, 5) is 29.2. The van der Waals surface area contributed by atoms with Gasteiger partial charge >= 0.3 is 0 Å². The van der Waals surface area contributed by atoms with Gasteiger partial charge in [0.15, 0.2) is 0 Å². The average molecular weight is 306 g/mol. The van der Waals surface area contributed by atoms with Crippen LogP contribution in [0.15, 0.2) is 42.5 Å². The molecule has 0 atom stereocenters. The van der Waals surface area contributed by atoms with Gasteiger partial charge < -0.3 is 4.84 Å². The van der Waals surface area contributed by atoms with E-state index in [2.05, 4.69) is 5.32 Å². The van der Waals surface area contributed by atoms with E-state index in [1.807, 2.05) is 37.3 Å². The number of rotatable bonds is 2. The van der Waals surface area contributed by atoms with Crippen molar-refractivity contribution in [3.05, 3.63) is 59.2 Å². The van der Waals surface area contributed by atoms with E-state index in [1.54, 1.807) is 24.0 Å². The third-order valence-electron chi connectivity index (χ3n) is 4.14. The van der Waals surface area contributed by atoms with Crippen LogP contribution in [0.4, 0.5) is 0 Å². The van der Waals surface area contributed by atoms with Crippen molar-refractivity contribution in [2.45, 2.75) is 6.92 Å². The van der Waals surface area contributed by atoms with Gasteiger partial charge in [-0.2, -0.15) is 4.73 Å². The first-order chi connectivity index (χ1) is 11.1. The molecule has 23 heavy (non-hydrogen) atoms. The lowest BCUT2D eigenvalue weighted by Crippen LogP contribution is -2.19. The fourth-order valence-corrected chi connectivity index (χ4v) is 2.97. The van der Waals surface area contributed by atoms with E-state index in [0.717, 1.165) is 22.2 Å². The number of imide groups is 1. The van der Waals surface area contributed by atoms with Crippen LogP contribution in [0, 0.1) is 6.92 Å². The second kappa shape index (κ2) is 4.71. The lowest BCUT2D eigenvalue weighted by atomic mass is 10.1. The first-order valence-corrected chi connectivity index (χ1v) is 7.25. The van der Waals surface area contributed by atoms with Crippen molar-refractivity contribution in [3.63, 3.8) is 0 Å². The Morgan fingerprint density at radius 3 is 2.26 bits per heavy atom. The maximum atomic E-state index is 11.9. The predicted molar refractivity (Wildman–Crippen MR) is 86.4 cm³/mol. The molecule has 1 aliphatic heterocycles. The Bertz CT molecular complexity index is 968. The molecule has 1 N–H and O–H groups in total. The van der Waals surface area contributed by atoms with Crippen molar-refractivity contribution in [2.24, 2.45) is 0 Å². The minimum Gasteiger partial charge on any atom is -0.417 e. The first kappa shape index (κ1) is 13.6. The van der Waals surface area contributed by atoms with Crippen LogP contribution in [0.1, 0.15) is 26.3 Å². The summed E-state index contributed by atoms with van der Waals surface area (Å²) in [6.45, 7) is 2.03. The van der Waals surface area contributed by atoms with Crippen LogP contribution in [0.3, 0.4) is 0 Å². The highest BCUT2D eigenvalue weighted by Crippen LogP contribution is 2.31. The number of aromatic nitrogens is 1. The largest absolute Gasteiger partial charge is 0.417 e. The van der Waals surface area contributed by atoms with Gasteiger partial charge in [0.05, 0.1) is 22.3 Å². The number of benzene rings is 2. The number of aryl methyl sites for hydroxylation is 1. The minimum atomic E-state index is -0.368. The van der Waals surface area contributed by atoms with Gasteiger partial charge in [-0.05, 0) is 25.1 Å². The van der Waals surface area contributed by atoms with E-state index < -0.39 is 0 Å². The van der Waals surface area contributed by atoms with Gasteiger partial charge in [-0.3, -0.25) is 14.9 Å². The van der Waals surface area contributed by atoms with Crippen LogP contribution in [0.5, 0.6) is 0 Å². The molecule has 114 valence electrons. The molecule has 0 spiro atoms. The molecule has 0 saturated heterocycles. The van der Waals surface area contributed by atoms with Gasteiger partial charge in [0.25, 0.3) is 11.8 Å². The minimum absolute atomic E-state index is 0.353. The number of carbonyl (C=O) groups excluding carboxylic acids is 2. The van der Waals surface area contributed by atoms with E-state index in [1.165, 1.54) is 5.56 Å². The summed E-state index contributed by atoms with van der Waals surface area (Å²) in [5.74, 6) is -0.721. The maximum Gasteiger partial charge on any atom is 0.259 e. The Balaban J connectivity index is 1.99. The van der Waals surface area contributed by atoms with Gasteiger partial charge in [0.2, 0.25) is 0 Å². The van der Waals surface area contributed by atoms with Gasteiger partial charge in [0, 0.05) is 10.9 Å². The van der Waals surface area contributed by atoms with Crippen LogP contribution < -0.4 is 10.2 Å². The van der Waals surface area contributed by atoms with Gasteiger partial charge in [0.1, 0.15) is 7.11 Å². The molecule has 0 fully saturated rings. The molecule has 0 radical (unpaired) electrons. The lowest BCUT2D eigenvalue weighted by Gasteiger charge is -2.09. The highest BCUT2D eigenvalue weighted by Gasteiger charge is 2.28. The summed E-state index contributed by atoms with van der Waals surface area (Å²) in [6, 6.07) is 13.5. The van der Waals surface area contributed by atoms with Crippen LogP contribution in [-0.4, -0.2) is 23.7 Å². The highest BCUT2D eigenvalue weighted by atomic mass is 16.6. The number of nitrogens with zero attached hydrogens (tertiary/aromatic N) is 1. The van der Waals surface area contributed by atoms with Crippen molar-refractivity contribution in [3.8, 4) is 11.3 Å². The molecular weight excluding hydrogens is 292 g/mol. The highest BCUT2D eigenvalue weighted by molar-refractivity contribution is 6.23. The Kier molecular flexibility index (Phi) is 2.78. The van der Waals surface area contributed by atoms with E-state index in [-0.39, 0.29) is 11.8 Å². The molecule has 5 nitrogen and oxygen atoms in total. The Morgan fingerprint density at radius 2 is 1.61 bits per heavy atom. The number of hydrogen-bond acceptors (Lipinski definition) is 3. The molecule has 1 aromatic heterocycles. The van der Waals surface area contributed by atoms with E-state index in [4.69, 9.17) is 4.84 Å². The number of hydrogen-bond donors (Lipinski definition) is 1. The Hall–Kier alpha value is -3.08. The molecule has 5 heteroatoms. The topological polar surface area (TPSA) is 60.3 Å². The monoisotopic (exact) mass is 306 g/mol. The van der Waals surface area contributed by atoms with E-state index >= 15 is 0 Å². The molecule has 1 aliphatic rings.